The summed E-state index contributed by atoms with van der Waals surface area (Å²) in [6.07, 6.45) is 3.30. The average Bonchev–Trinajstić information content (AvgIpc) is 2.82. The van der Waals surface area contributed by atoms with Crippen molar-refractivity contribution >= 4 is 5.57 Å². The molecule has 0 N–H and O–H groups in total. The summed E-state index contributed by atoms with van der Waals surface area (Å²) in [5.74, 6) is 0.449. The molecule has 0 bridgehead atoms. The Morgan fingerprint density at radius 2 is 1.55 bits per heavy atom. The molecule has 0 aliphatic heterocycles. The standard InChI is InChI=1S/C40H50/c1-22(2)32-18-33(31-16-15-24(5)25(6)17-31)27(8)36-28(9)37-30(11)40(14)29(10)35(23(3)4)26(7)19-39(40,13)21-38(37,12)20-34(32)36/h15-18,22H,3,9-10,19-21H2,1-2,4-8,11-14H3/t38-,39+,40-/m1/s1. The SMILES string of the molecule is C=C(C)C1=C(C)C[C@@]2(C)C[C@@]3(C)Cc4c(C(C)C)cc(-c5ccc(C)c(C)c5)c(C)c4C(=C)C3=C(C)[C@@]2(C)C1=C. The Morgan fingerprint density at radius 3 is 2.12 bits per heavy atom. The summed E-state index contributed by atoms with van der Waals surface area (Å²) in [5, 5.41) is 0. The topological polar surface area (TPSA) is 0 Å². The minimum atomic E-state index is -0.128. The lowest BCUT2D eigenvalue weighted by Crippen LogP contribution is -2.52. The molecule has 0 saturated heterocycles. The van der Waals surface area contributed by atoms with Crippen LogP contribution in [-0.4, -0.2) is 0 Å². The molecule has 0 saturated carbocycles. The highest BCUT2D eigenvalue weighted by Gasteiger charge is 2.59. The first-order valence-electron chi connectivity index (χ1n) is 15.2. The van der Waals surface area contributed by atoms with Crippen molar-refractivity contribution < 1.29 is 0 Å². The van der Waals surface area contributed by atoms with Crippen molar-refractivity contribution in [1.82, 2.24) is 0 Å². The van der Waals surface area contributed by atoms with Crippen molar-refractivity contribution in [1.29, 1.82) is 0 Å². The zero-order valence-corrected chi connectivity index (χ0v) is 27.1. The third-order valence-electron chi connectivity index (χ3n) is 11.5. The van der Waals surface area contributed by atoms with Gasteiger partial charge in [0.1, 0.15) is 0 Å². The Bertz CT molecular complexity index is 1580. The first-order chi connectivity index (χ1) is 18.5. The van der Waals surface area contributed by atoms with Gasteiger partial charge in [0.15, 0.2) is 0 Å². The number of fused-ring (bicyclic) bond motifs is 3. The minimum Gasteiger partial charge on any atom is -0.0955 e. The summed E-state index contributed by atoms with van der Waals surface area (Å²) in [6, 6.07) is 9.43. The van der Waals surface area contributed by atoms with Crippen LogP contribution < -0.4 is 0 Å². The quantitative estimate of drug-likeness (QED) is 0.370. The van der Waals surface area contributed by atoms with Crippen molar-refractivity contribution in [2.24, 2.45) is 16.2 Å². The summed E-state index contributed by atoms with van der Waals surface area (Å²) in [7, 11) is 0. The van der Waals surface area contributed by atoms with Crippen molar-refractivity contribution in [2.75, 3.05) is 0 Å². The number of hydrogen-bond donors (Lipinski definition) is 0. The van der Waals surface area contributed by atoms with E-state index in [4.69, 9.17) is 13.2 Å². The molecule has 0 unspecified atom stereocenters. The number of hydrogen-bond acceptors (Lipinski definition) is 0. The second-order valence-corrected chi connectivity index (χ2v) is 14.6. The molecular weight excluding hydrogens is 480 g/mol. The lowest BCUT2D eigenvalue weighted by molar-refractivity contribution is 0.0543. The van der Waals surface area contributed by atoms with Crippen molar-refractivity contribution in [3.8, 4) is 11.1 Å². The molecule has 2 aromatic rings. The molecule has 0 amide bonds. The number of aryl methyl sites for hydroxylation is 2. The highest BCUT2D eigenvalue weighted by molar-refractivity contribution is 5.90. The third kappa shape index (κ3) is 3.71. The zero-order chi connectivity index (χ0) is 29.7. The summed E-state index contributed by atoms with van der Waals surface area (Å²) in [4.78, 5) is 0. The molecule has 0 radical (unpaired) electrons. The van der Waals surface area contributed by atoms with E-state index >= 15 is 0 Å². The predicted molar refractivity (Wildman–Crippen MR) is 176 cm³/mol. The Morgan fingerprint density at radius 1 is 0.900 bits per heavy atom. The Hall–Kier alpha value is -2.86. The monoisotopic (exact) mass is 530 g/mol. The molecule has 0 nitrogen and oxygen atoms in total. The predicted octanol–water partition coefficient (Wildman–Crippen LogP) is 11.6. The molecule has 0 heterocycles. The van der Waals surface area contributed by atoms with Gasteiger partial charge in [-0.05, 0) is 144 Å². The van der Waals surface area contributed by atoms with Crippen LogP contribution in [0.2, 0.25) is 0 Å². The molecular formula is C40H50. The van der Waals surface area contributed by atoms with E-state index in [1.165, 1.54) is 77.9 Å². The van der Waals surface area contributed by atoms with Gasteiger partial charge >= 0.3 is 0 Å². The van der Waals surface area contributed by atoms with Crippen molar-refractivity contribution in [3.63, 3.8) is 0 Å². The first-order valence-corrected chi connectivity index (χ1v) is 15.2. The summed E-state index contributed by atoms with van der Waals surface area (Å²) < 4.78 is 0. The van der Waals surface area contributed by atoms with E-state index in [9.17, 15) is 0 Å². The van der Waals surface area contributed by atoms with Crippen LogP contribution in [-0.2, 0) is 6.42 Å². The lowest BCUT2D eigenvalue weighted by atomic mass is 9.41. The van der Waals surface area contributed by atoms with Gasteiger partial charge in [0.25, 0.3) is 0 Å². The maximum atomic E-state index is 4.93. The third-order valence-corrected chi connectivity index (χ3v) is 11.5. The van der Waals surface area contributed by atoms with Crippen LogP contribution in [0.15, 0.2) is 77.4 Å². The summed E-state index contributed by atoms with van der Waals surface area (Å²) in [5.41, 5.74) is 20.5. The normalized spacial score (nSPS) is 28.1. The minimum absolute atomic E-state index is 0.0434. The van der Waals surface area contributed by atoms with Crippen LogP contribution in [0, 0.1) is 37.0 Å². The maximum Gasteiger partial charge on any atom is 0.0194 e. The fourth-order valence-electron chi connectivity index (χ4n) is 9.35. The summed E-state index contributed by atoms with van der Waals surface area (Å²) in [6.45, 7) is 39.9. The van der Waals surface area contributed by atoms with Gasteiger partial charge in [-0.25, -0.2) is 0 Å². The molecule has 3 aliphatic carbocycles. The van der Waals surface area contributed by atoms with Crippen LogP contribution >= 0.6 is 0 Å². The van der Waals surface area contributed by atoms with E-state index in [1.807, 2.05) is 0 Å². The van der Waals surface area contributed by atoms with E-state index in [2.05, 4.69) is 107 Å². The second kappa shape index (κ2) is 9.07. The molecule has 3 atom stereocenters. The number of rotatable bonds is 3. The summed E-state index contributed by atoms with van der Waals surface area (Å²) >= 11 is 0. The van der Waals surface area contributed by atoms with Crippen LogP contribution in [0.5, 0.6) is 0 Å². The molecule has 210 valence electrons. The Labute approximate surface area is 244 Å². The molecule has 0 heteroatoms. The van der Waals surface area contributed by atoms with Gasteiger partial charge in [0.2, 0.25) is 0 Å². The molecule has 3 aliphatic rings. The van der Waals surface area contributed by atoms with Gasteiger partial charge in [-0.3, -0.25) is 0 Å². The van der Waals surface area contributed by atoms with Gasteiger partial charge in [-0.1, -0.05) is 95.3 Å². The van der Waals surface area contributed by atoms with Gasteiger partial charge in [0.05, 0.1) is 0 Å². The van der Waals surface area contributed by atoms with Crippen LogP contribution in [0.25, 0.3) is 16.7 Å². The fourth-order valence-corrected chi connectivity index (χ4v) is 9.35. The molecule has 40 heavy (non-hydrogen) atoms. The maximum absolute atomic E-state index is 4.93. The molecule has 2 aromatic carbocycles. The zero-order valence-electron chi connectivity index (χ0n) is 27.1. The molecule has 5 rings (SSSR count). The van der Waals surface area contributed by atoms with E-state index in [0.29, 0.717) is 5.92 Å². The van der Waals surface area contributed by atoms with Crippen LogP contribution in [0.1, 0.15) is 108 Å². The molecule has 0 fully saturated rings. The number of allylic oxidation sites excluding steroid dienone is 7. The van der Waals surface area contributed by atoms with Gasteiger partial charge in [-0.15, -0.1) is 0 Å². The highest BCUT2D eigenvalue weighted by Crippen LogP contribution is 2.70. The van der Waals surface area contributed by atoms with Gasteiger partial charge < -0.3 is 0 Å². The average molecular weight is 531 g/mol. The molecule has 0 spiro atoms. The number of benzene rings is 2. The van der Waals surface area contributed by atoms with E-state index in [1.54, 1.807) is 0 Å². The Balaban J connectivity index is 1.80. The lowest BCUT2D eigenvalue weighted by Gasteiger charge is -2.62. The van der Waals surface area contributed by atoms with Gasteiger partial charge in [0, 0.05) is 5.41 Å². The first kappa shape index (κ1) is 28.7. The van der Waals surface area contributed by atoms with Crippen molar-refractivity contribution in [2.45, 2.75) is 101 Å². The van der Waals surface area contributed by atoms with E-state index in [-0.39, 0.29) is 16.2 Å². The highest BCUT2D eigenvalue weighted by atomic mass is 14.6. The largest absolute Gasteiger partial charge is 0.0955 e. The van der Waals surface area contributed by atoms with E-state index < -0.39 is 0 Å². The van der Waals surface area contributed by atoms with Gasteiger partial charge in [-0.2, -0.15) is 0 Å². The van der Waals surface area contributed by atoms with Crippen LogP contribution in [0.3, 0.4) is 0 Å². The molecule has 0 aromatic heterocycles. The van der Waals surface area contributed by atoms with Crippen molar-refractivity contribution in [3.05, 3.63) is 111 Å². The Kier molecular flexibility index (Phi) is 6.50. The van der Waals surface area contributed by atoms with Crippen LogP contribution in [0.4, 0.5) is 0 Å². The fraction of sp³-hybridized carbons (Fsp3) is 0.450. The van der Waals surface area contributed by atoms with E-state index in [0.717, 1.165) is 24.8 Å². The second-order valence-electron chi connectivity index (χ2n) is 14.6. The smallest absolute Gasteiger partial charge is 0.0194 e.